The molecule has 0 spiro atoms. The average Bonchev–Trinajstić information content (AvgIpc) is 2.89. The van der Waals surface area contributed by atoms with Crippen molar-refractivity contribution in [2.45, 2.75) is 6.18 Å². The number of nitrogens with one attached hydrogen (secondary N) is 1. The third-order valence-corrected chi connectivity index (χ3v) is 3.30. The molecule has 0 bridgehead atoms. The number of fused-ring (bicyclic) bond motifs is 1. The van der Waals surface area contributed by atoms with E-state index in [-0.39, 0.29) is 11.1 Å². The van der Waals surface area contributed by atoms with Crippen molar-refractivity contribution in [3.8, 4) is 11.3 Å². The molecule has 2 N–H and O–H groups in total. The molecule has 0 aliphatic carbocycles. The largest absolute Gasteiger partial charge is 0.478 e. The van der Waals surface area contributed by atoms with E-state index < -0.39 is 17.7 Å². The van der Waals surface area contributed by atoms with Gasteiger partial charge in [0.05, 0.1) is 22.3 Å². The number of alkyl halides is 3. The molecule has 1 aromatic heterocycles. The summed E-state index contributed by atoms with van der Waals surface area (Å²) in [6.45, 7) is 0. The summed E-state index contributed by atoms with van der Waals surface area (Å²) in [5, 5.41) is 16.0. The number of aromatic nitrogens is 2. The van der Waals surface area contributed by atoms with Crippen LogP contribution in [0.1, 0.15) is 15.9 Å². The van der Waals surface area contributed by atoms with Gasteiger partial charge in [-0.25, -0.2) is 4.79 Å². The second kappa shape index (κ2) is 4.87. The molecular weight excluding hydrogens is 297 g/mol. The van der Waals surface area contributed by atoms with Crippen LogP contribution in [0, 0.1) is 0 Å². The second-order valence-electron chi connectivity index (χ2n) is 4.71. The Bertz CT molecular complexity index is 851. The van der Waals surface area contributed by atoms with Crippen LogP contribution < -0.4 is 0 Å². The third-order valence-electron chi connectivity index (χ3n) is 3.30. The summed E-state index contributed by atoms with van der Waals surface area (Å²) in [5.74, 6) is -1.05. The minimum absolute atomic E-state index is 0.128. The molecule has 0 fully saturated rings. The fourth-order valence-electron chi connectivity index (χ4n) is 2.19. The lowest BCUT2D eigenvalue weighted by Gasteiger charge is -2.06. The fraction of sp³-hybridized carbons (Fsp3) is 0.0667. The Balaban J connectivity index is 2.06. The lowest BCUT2D eigenvalue weighted by Crippen LogP contribution is -2.04. The Morgan fingerprint density at radius 3 is 2.36 bits per heavy atom. The van der Waals surface area contributed by atoms with Crippen molar-refractivity contribution in [2.24, 2.45) is 0 Å². The molecule has 22 heavy (non-hydrogen) atoms. The number of aromatic carboxylic acids is 1. The number of hydrogen-bond donors (Lipinski definition) is 2. The molecule has 0 radical (unpaired) electrons. The number of carboxylic acids is 1. The molecule has 0 aliphatic rings. The highest BCUT2D eigenvalue weighted by atomic mass is 19.4. The first-order chi connectivity index (χ1) is 10.4. The van der Waals surface area contributed by atoms with Gasteiger partial charge in [0.1, 0.15) is 0 Å². The number of hydrogen-bond acceptors (Lipinski definition) is 2. The van der Waals surface area contributed by atoms with Gasteiger partial charge in [0.25, 0.3) is 0 Å². The van der Waals surface area contributed by atoms with E-state index in [4.69, 9.17) is 5.11 Å². The van der Waals surface area contributed by atoms with Crippen LogP contribution >= 0.6 is 0 Å². The van der Waals surface area contributed by atoms with Crippen LogP contribution in [0.25, 0.3) is 22.2 Å². The maximum atomic E-state index is 12.7. The number of rotatable bonds is 2. The van der Waals surface area contributed by atoms with E-state index in [0.29, 0.717) is 16.6 Å². The number of carbonyl (C=O) groups is 1. The van der Waals surface area contributed by atoms with E-state index >= 15 is 0 Å². The number of benzene rings is 2. The Kier molecular flexibility index (Phi) is 3.13. The smallest absolute Gasteiger partial charge is 0.416 e. The Morgan fingerprint density at radius 2 is 1.77 bits per heavy atom. The first kappa shape index (κ1) is 14.1. The minimum Gasteiger partial charge on any atom is -0.478 e. The summed E-state index contributed by atoms with van der Waals surface area (Å²) in [6, 6.07) is 9.31. The van der Waals surface area contributed by atoms with Gasteiger partial charge in [-0.3, -0.25) is 5.10 Å². The lowest BCUT2D eigenvalue weighted by atomic mass is 10.0. The number of nitrogens with zero attached hydrogens (tertiary/aromatic N) is 1. The molecule has 1 heterocycles. The van der Waals surface area contributed by atoms with Crippen LogP contribution in [0.5, 0.6) is 0 Å². The Labute approximate surface area is 122 Å². The second-order valence-corrected chi connectivity index (χ2v) is 4.71. The van der Waals surface area contributed by atoms with Crippen LogP contribution in [0.3, 0.4) is 0 Å². The SMILES string of the molecule is O=C(O)c1ccc(-c2n[nH]c3cc(C(F)(F)F)ccc23)cc1. The van der Waals surface area contributed by atoms with Gasteiger partial charge in [-0.1, -0.05) is 12.1 Å². The molecule has 0 amide bonds. The maximum absolute atomic E-state index is 12.7. The predicted octanol–water partition coefficient (Wildman–Crippen LogP) is 3.95. The van der Waals surface area contributed by atoms with Gasteiger partial charge in [0.2, 0.25) is 0 Å². The molecule has 0 saturated carbocycles. The van der Waals surface area contributed by atoms with Gasteiger partial charge >= 0.3 is 12.1 Å². The molecule has 3 rings (SSSR count). The van der Waals surface area contributed by atoms with E-state index in [1.807, 2.05) is 0 Å². The van der Waals surface area contributed by atoms with E-state index in [9.17, 15) is 18.0 Å². The van der Waals surface area contributed by atoms with Crippen molar-refractivity contribution in [3.05, 3.63) is 53.6 Å². The van der Waals surface area contributed by atoms with Gasteiger partial charge in [-0.15, -0.1) is 0 Å². The summed E-state index contributed by atoms with van der Waals surface area (Å²) in [5.41, 5.74) is 0.739. The fourth-order valence-corrected chi connectivity index (χ4v) is 2.19. The van der Waals surface area contributed by atoms with Gasteiger partial charge in [-0.2, -0.15) is 18.3 Å². The summed E-state index contributed by atoms with van der Waals surface area (Å²) in [4.78, 5) is 10.8. The van der Waals surface area contributed by atoms with Gasteiger partial charge in [0, 0.05) is 10.9 Å². The van der Waals surface area contributed by atoms with E-state index in [1.165, 1.54) is 18.2 Å². The molecular formula is C15H9F3N2O2. The quantitative estimate of drug-likeness (QED) is 0.753. The number of aromatic amines is 1. The number of carboxylic acid groups (broad SMARTS) is 1. The van der Waals surface area contributed by atoms with Crippen LogP contribution in [-0.4, -0.2) is 21.3 Å². The first-order valence-corrected chi connectivity index (χ1v) is 6.25. The molecule has 7 heteroatoms. The molecule has 112 valence electrons. The lowest BCUT2D eigenvalue weighted by molar-refractivity contribution is -0.137. The van der Waals surface area contributed by atoms with Crippen LogP contribution in [0.15, 0.2) is 42.5 Å². The summed E-state index contributed by atoms with van der Waals surface area (Å²) in [6.07, 6.45) is -4.41. The maximum Gasteiger partial charge on any atom is 0.416 e. The van der Waals surface area contributed by atoms with Crippen LogP contribution in [0.2, 0.25) is 0 Å². The summed E-state index contributed by atoms with van der Waals surface area (Å²) < 4.78 is 38.0. The van der Waals surface area contributed by atoms with Crippen molar-refractivity contribution in [2.75, 3.05) is 0 Å². The van der Waals surface area contributed by atoms with Crippen molar-refractivity contribution >= 4 is 16.9 Å². The monoisotopic (exact) mass is 306 g/mol. The molecule has 0 aliphatic heterocycles. The molecule has 0 atom stereocenters. The van der Waals surface area contributed by atoms with E-state index in [0.717, 1.165) is 12.1 Å². The zero-order valence-corrected chi connectivity index (χ0v) is 11.0. The van der Waals surface area contributed by atoms with Gasteiger partial charge in [0.15, 0.2) is 0 Å². The standard InChI is InChI=1S/C15H9F3N2O2/c16-15(17,18)10-5-6-11-12(7-10)19-20-13(11)8-1-3-9(4-2-8)14(21)22/h1-7H,(H,19,20)(H,21,22). The highest BCUT2D eigenvalue weighted by molar-refractivity contribution is 5.94. The normalized spacial score (nSPS) is 11.8. The van der Waals surface area contributed by atoms with Crippen molar-refractivity contribution in [1.82, 2.24) is 10.2 Å². The van der Waals surface area contributed by atoms with Gasteiger partial charge < -0.3 is 5.11 Å². The highest BCUT2D eigenvalue weighted by Gasteiger charge is 2.30. The van der Waals surface area contributed by atoms with Gasteiger partial charge in [-0.05, 0) is 30.3 Å². The van der Waals surface area contributed by atoms with E-state index in [1.54, 1.807) is 12.1 Å². The van der Waals surface area contributed by atoms with Crippen LogP contribution in [-0.2, 0) is 6.18 Å². The molecule has 0 unspecified atom stereocenters. The molecule has 3 aromatic rings. The van der Waals surface area contributed by atoms with Crippen LogP contribution in [0.4, 0.5) is 13.2 Å². The minimum atomic E-state index is -4.41. The zero-order valence-electron chi connectivity index (χ0n) is 11.0. The third kappa shape index (κ3) is 2.41. The number of H-pyrrole nitrogens is 1. The topological polar surface area (TPSA) is 66.0 Å². The van der Waals surface area contributed by atoms with E-state index in [2.05, 4.69) is 10.2 Å². The van der Waals surface area contributed by atoms with Crippen molar-refractivity contribution < 1.29 is 23.1 Å². The summed E-state index contributed by atoms with van der Waals surface area (Å²) in [7, 11) is 0. The highest BCUT2D eigenvalue weighted by Crippen LogP contribution is 2.33. The zero-order chi connectivity index (χ0) is 15.9. The average molecular weight is 306 g/mol. The van der Waals surface area contributed by atoms with Crippen molar-refractivity contribution in [1.29, 1.82) is 0 Å². The first-order valence-electron chi connectivity index (χ1n) is 6.25. The number of halogens is 3. The predicted molar refractivity (Wildman–Crippen MR) is 73.5 cm³/mol. The van der Waals surface area contributed by atoms with Crippen molar-refractivity contribution in [3.63, 3.8) is 0 Å². The molecule has 2 aromatic carbocycles. The molecule has 0 saturated heterocycles. The Hall–Kier alpha value is -2.83. The summed E-state index contributed by atoms with van der Waals surface area (Å²) >= 11 is 0. The Morgan fingerprint density at radius 1 is 1.09 bits per heavy atom. The molecule has 4 nitrogen and oxygen atoms in total.